The molecule has 0 spiro atoms. The number of rotatable bonds is 3. The molecule has 0 saturated heterocycles. The minimum Gasteiger partial charge on any atom is -0.456 e. The van der Waals surface area contributed by atoms with E-state index in [9.17, 15) is 0 Å². The van der Waals surface area contributed by atoms with Gasteiger partial charge in [-0.25, -0.2) is 0 Å². The first-order valence-electron chi connectivity index (χ1n) is 21.3. The lowest BCUT2D eigenvalue weighted by Gasteiger charge is -2.28. The average molecular weight is 765 g/mol. The molecule has 0 bridgehead atoms. The number of furan rings is 1. The summed E-state index contributed by atoms with van der Waals surface area (Å²) >= 11 is 0. The third-order valence-electron chi connectivity index (χ3n) is 14.1. The van der Waals surface area contributed by atoms with Crippen molar-refractivity contribution in [2.24, 2.45) is 0 Å². The first kappa shape index (κ1) is 33.7. The van der Waals surface area contributed by atoms with Gasteiger partial charge in [0.05, 0.1) is 0 Å². The molecule has 0 N–H and O–H groups in total. The summed E-state index contributed by atoms with van der Waals surface area (Å²) < 4.78 is 6.32. The molecule has 0 radical (unpaired) electrons. The Kier molecular flexibility index (Phi) is 6.97. The molecule has 0 amide bonds. The Morgan fingerprint density at radius 3 is 1.70 bits per heavy atom. The summed E-state index contributed by atoms with van der Waals surface area (Å²) in [6.45, 7) is 4.86. The normalized spacial score (nSPS) is 15.9. The molecule has 0 fully saturated rings. The summed E-state index contributed by atoms with van der Waals surface area (Å²) in [5.41, 5.74) is 14.1. The Bertz CT molecular complexity index is 3660. The highest BCUT2D eigenvalue weighted by atomic mass is 16.3. The molecular weight excluding hydrogens is 725 g/mol. The van der Waals surface area contributed by atoms with Crippen LogP contribution in [0.15, 0.2) is 198 Å². The molecule has 10 aromatic carbocycles. The van der Waals surface area contributed by atoms with Gasteiger partial charge in [-0.05, 0) is 123 Å². The van der Waals surface area contributed by atoms with E-state index in [1.54, 1.807) is 0 Å². The summed E-state index contributed by atoms with van der Waals surface area (Å²) in [4.78, 5) is 0. The lowest BCUT2D eigenvalue weighted by atomic mass is 9.75. The Morgan fingerprint density at radius 1 is 0.417 bits per heavy atom. The lowest BCUT2D eigenvalue weighted by molar-refractivity contribution is 0.618. The third-order valence-corrected chi connectivity index (χ3v) is 14.1. The molecule has 0 saturated carbocycles. The molecule has 1 heterocycles. The van der Waals surface area contributed by atoms with Crippen molar-refractivity contribution < 1.29 is 4.42 Å². The van der Waals surface area contributed by atoms with Gasteiger partial charge in [0.2, 0.25) is 0 Å². The van der Waals surface area contributed by atoms with E-state index >= 15 is 0 Å². The predicted molar refractivity (Wildman–Crippen MR) is 255 cm³/mol. The second-order valence-electron chi connectivity index (χ2n) is 17.5. The lowest BCUT2D eigenvalue weighted by Crippen LogP contribution is -2.18. The van der Waals surface area contributed by atoms with E-state index in [0.717, 1.165) is 17.6 Å². The molecule has 282 valence electrons. The molecule has 1 atom stereocenters. The standard InChI is InChI=1S/C59H40O/c1-59(2)53-31-27-36(32-51(53)49-28-26-37-33-55-52(34-50(37)58(49)59)42-19-11-12-25-54(42)60-55)39-29-30-48(41-18-6-5-17-40(39)41)57-46-22-9-7-20-44(46)56(45-21-8-10-23-47(45)57)43-24-13-15-35-14-3-4-16-38(35)43/h3-31,33-34,51H,32H2,1-2H3. The fourth-order valence-electron chi connectivity index (χ4n) is 11.5. The zero-order valence-electron chi connectivity index (χ0n) is 33.6. The van der Waals surface area contributed by atoms with Gasteiger partial charge < -0.3 is 4.42 Å². The van der Waals surface area contributed by atoms with E-state index in [-0.39, 0.29) is 5.41 Å². The van der Waals surface area contributed by atoms with Crippen LogP contribution in [0.3, 0.4) is 0 Å². The van der Waals surface area contributed by atoms with E-state index < -0.39 is 0 Å². The number of allylic oxidation sites excluding steroid dienone is 4. The van der Waals surface area contributed by atoms with Crippen molar-refractivity contribution in [1.29, 1.82) is 0 Å². The number of benzene rings is 10. The monoisotopic (exact) mass is 764 g/mol. The molecule has 2 aliphatic carbocycles. The molecule has 1 nitrogen and oxygen atoms in total. The molecule has 1 unspecified atom stereocenters. The van der Waals surface area contributed by atoms with Crippen LogP contribution in [-0.2, 0) is 5.41 Å². The zero-order valence-corrected chi connectivity index (χ0v) is 33.6. The zero-order chi connectivity index (χ0) is 39.7. The first-order chi connectivity index (χ1) is 29.5. The fourth-order valence-corrected chi connectivity index (χ4v) is 11.5. The van der Waals surface area contributed by atoms with Crippen LogP contribution < -0.4 is 0 Å². The summed E-state index contributed by atoms with van der Waals surface area (Å²) in [5.74, 6) is 0.323. The molecule has 13 rings (SSSR count). The number of fused-ring (bicyclic) bond motifs is 12. The van der Waals surface area contributed by atoms with Crippen molar-refractivity contribution in [3.05, 3.63) is 210 Å². The van der Waals surface area contributed by atoms with Gasteiger partial charge >= 0.3 is 0 Å². The summed E-state index contributed by atoms with van der Waals surface area (Å²) in [5, 5.41) is 15.2. The van der Waals surface area contributed by atoms with Gasteiger partial charge in [-0.2, -0.15) is 0 Å². The van der Waals surface area contributed by atoms with Gasteiger partial charge in [-0.3, -0.25) is 0 Å². The quantitative estimate of drug-likeness (QED) is 0.163. The molecule has 11 aromatic rings. The van der Waals surface area contributed by atoms with Crippen LogP contribution in [0.1, 0.15) is 42.9 Å². The van der Waals surface area contributed by atoms with Crippen LogP contribution in [0.25, 0.3) is 104 Å². The summed E-state index contributed by atoms with van der Waals surface area (Å²) in [7, 11) is 0. The third kappa shape index (κ3) is 4.63. The van der Waals surface area contributed by atoms with Gasteiger partial charge in [0.25, 0.3) is 0 Å². The van der Waals surface area contributed by atoms with Crippen LogP contribution in [0.5, 0.6) is 0 Å². The van der Waals surface area contributed by atoms with Crippen molar-refractivity contribution in [3.63, 3.8) is 0 Å². The van der Waals surface area contributed by atoms with E-state index in [0.29, 0.717) is 5.92 Å². The topological polar surface area (TPSA) is 13.1 Å². The van der Waals surface area contributed by atoms with Crippen molar-refractivity contribution in [2.45, 2.75) is 31.6 Å². The molecule has 1 aromatic heterocycles. The summed E-state index contributed by atoms with van der Waals surface area (Å²) in [6.07, 6.45) is 5.85. The largest absolute Gasteiger partial charge is 0.456 e. The van der Waals surface area contributed by atoms with Crippen LogP contribution in [0, 0.1) is 0 Å². The summed E-state index contributed by atoms with van der Waals surface area (Å²) in [6, 6.07) is 65.3. The first-order valence-corrected chi connectivity index (χ1v) is 21.3. The Labute approximate surface area is 348 Å². The average Bonchev–Trinajstić information content (AvgIpc) is 3.77. The second-order valence-corrected chi connectivity index (χ2v) is 17.5. The minimum absolute atomic E-state index is 0.0962. The van der Waals surface area contributed by atoms with Crippen molar-refractivity contribution in [2.75, 3.05) is 0 Å². The molecular formula is C59H40O. The Morgan fingerprint density at radius 2 is 0.983 bits per heavy atom. The number of hydrogen-bond acceptors (Lipinski definition) is 1. The van der Waals surface area contributed by atoms with E-state index in [1.807, 2.05) is 0 Å². The molecule has 0 aliphatic heterocycles. The smallest absolute Gasteiger partial charge is 0.136 e. The van der Waals surface area contributed by atoms with Crippen molar-refractivity contribution in [1.82, 2.24) is 0 Å². The van der Waals surface area contributed by atoms with Gasteiger partial charge in [0.15, 0.2) is 0 Å². The maximum Gasteiger partial charge on any atom is 0.136 e. The fraction of sp³-hybridized carbons (Fsp3) is 0.0847. The molecule has 2 aliphatic rings. The van der Waals surface area contributed by atoms with Crippen LogP contribution in [0.2, 0.25) is 0 Å². The van der Waals surface area contributed by atoms with Gasteiger partial charge in [-0.15, -0.1) is 0 Å². The van der Waals surface area contributed by atoms with E-state index in [1.165, 1.54) is 115 Å². The van der Waals surface area contributed by atoms with Crippen molar-refractivity contribution >= 4 is 81.4 Å². The Balaban J connectivity index is 0.973. The number of para-hydroxylation sites is 1. The van der Waals surface area contributed by atoms with Crippen molar-refractivity contribution in [3.8, 4) is 22.3 Å². The highest BCUT2D eigenvalue weighted by Crippen LogP contribution is 2.57. The molecule has 1 heteroatoms. The van der Waals surface area contributed by atoms with E-state index in [4.69, 9.17) is 4.42 Å². The highest BCUT2D eigenvalue weighted by molar-refractivity contribution is 6.25. The SMILES string of the molecule is CC1(C)C2=CC=C(c3ccc(-c4c5ccccc5c(-c5cccc6ccccc56)c5ccccc45)c4ccccc34)CC2c2ccc3cc4oc5ccccc5c4cc3c21. The van der Waals surface area contributed by atoms with Crippen LogP contribution >= 0.6 is 0 Å². The van der Waals surface area contributed by atoms with Gasteiger partial charge in [0.1, 0.15) is 11.2 Å². The minimum atomic E-state index is -0.0962. The maximum atomic E-state index is 6.32. The second kappa shape index (κ2) is 12.4. The van der Waals surface area contributed by atoms with E-state index in [2.05, 4.69) is 202 Å². The van der Waals surface area contributed by atoms with Gasteiger partial charge in [0, 0.05) is 22.1 Å². The highest BCUT2D eigenvalue weighted by Gasteiger charge is 2.44. The Hall–Kier alpha value is -7.22. The van der Waals surface area contributed by atoms with Crippen LogP contribution in [0.4, 0.5) is 0 Å². The predicted octanol–water partition coefficient (Wildman–Crippen LogP) is 16.5. The molecule has 60 heavy (non-hydrogen) atoms. The number of hydrogen-bond donors (Lipinski definition) is 0. The van der Waals surface area contributed by atoms with Crippen LogP contribution in [-0.4, -0.2) is 0 Å². The maximum absolute atomic E-state index is 6.32. The van der Waals surface area contributed by atoms with Gasteiger partial charge in [-0.1, -0.05) is 189 Å².